The van der Waals surface area contributed by atoms with Crippen LogP contribution in [0.4, 0.5) is 4.79 Å². The summed E-state index contributed by atoms with van der Waals surface area (Å²) in [6.45, 7) is 13.6. The number of likely N-dealkylation sites (N-methyl/N-ethyl adjacent to an activating group) is 1. The number of aromatic nitrogens is 4. The molecule has 2 aliphatic heterocycles. The molecule has 2 N–H and O–H groups in total. The second kappa shape index (κ2) is 10.7. The van der Waals surface area contributed by atoms with Crippen LogP contribution in [-0.2, 0) is 18.7 Å². The number of methoxy groups -OCH3 is 1. The average molecular weight is 526 g/mol. The van der Waals surface area contributed by atoms with Crippen LogP contribution in [0.5, 0.6) is 5.75 Å². The van der Waals surface area contributed by atoms with E-state index < -0.39 is 11.6 Å². The van der Waals surface area contributed by atoms with E-state index in [0.29, 0.717) is 23.8 Å². The fraction of sp³-hybridized carbons (Fsp3) is 0.500. The lowest BCUT2D eigenvalue weighted by Gasteiger charge is -2.33. The summed E-state index contributed by atoms with van der Waals surface area (Å²) in [4.78, 5) is 19.9. The molecule has 1 amide bonds. The number of ether oxygens (including phenoxy) is 1. The molecule has 0 saturated heterocycles. The highest BCUT2D eigenvalue weighted by Crippen LogP contribution is 2.39. The van der Waals surface area contributed by atoms with Crippen LogP contribution < -0.4 is 10.1 Å². The maximum Gasteiger partial charge on any atom is 0.413 e. The molecular weight excluding hydrogens is 490 g/mol. The van der Waals surface area contributed by atoms with E-state index in [2.05, 4.69) is 27.7 Å². The summed E-state index contributed by atoms with van der Waals surface area (Å²) in [6.07, 6.45) is 1.55. The van der Waals surface area contributed by atoms with Crippen molar-refractivity contribution in [3.63, 3.8) is 0 Å². The molecule has 1 aromatic heterocycles. The first-order chi connectivity index (χ1) is 17.6. The number of amidine groups is 1. The predicted molar refractivity (Wildman–Crippen MR) is 146 cm³/mol. The van der Waals surface area contributed by atoms with Crippen molar-refractivity contribution in [2.45, 2.75) is 65.8 Å². The van der Waals surface area contributed by atoms with Crippen molar-refractivity contribution in [2.24, 2.45) is 4.40 Å². The number of nitrogens with one attached hydrogen (secondary N) is 1. The minimum absolute atomic E-state index is 0.307. The third kappa shape index (κ3) is 5.28. The number of carboxylic acid groups (broad SMARTS) is 1. The summed E-state index contributed by atoms with van der Waals surface area (Å²) in [7, 11) is 1.65. The fourth-order valence-electron chi connectivity index (χ4n) is 4.72. The van der Waals surface area contributed by atoms with Crippen molar-refractivity contribution >= 4 is 23.9 Å². The van der Waals surface area contributed by atoms with E-state index in [1.54, 1.807) is 18.1 Å². The van der Waals surface area contributed by atoms with Gasteiger partial charge in [-0.2, -0.15) is 19.4 Å². The molecule has 1 aliphatic carbocycles. The predicted octanol–water partition coefficient (Wildman–Crippen LogP) is 4.29. The molecule has 0 spiro atoms. The van der Waals surface area contributed by atoms with Gasteiger partial charge in [0.15, 0.2) is 5.84 Å². The first kappa shape index (κ1) is 26.9. The molecular formula is C26H35N7O3S. The maximum atomic E-state index is 12.4. The van der Waals surface area contributed by atoms with E-state index in [1.165, 1.54) is 22.4 Å². The summed E-state index contributed by atoms with van der Waals surface area (Å²) in [5.74, 6) is 1.73. The van der Waals surface area contributed by atoms with Crippen LogP contribution in [-0.4, -0.2) is 67.7 Å². The summed E-state index contributed by atoms with van der Waals surface area (Å²) in [5.41, 5.74) is 6.40. The van der Waals surface area contributed by atoms with Crippen LogP contribution in [0.25, 0.3) is 11.3 Å². The fourth-order valence-corrected chi connectivity index (χ4v) is 5.53. The lowest BCUT2D eigenvalue weighted by Crippen LogP contribution is -2.49. The minimum atomic E-state index is -1.08. The first-order valence-electron chi connectivity index (χ1n) is 12.4. The van der Waals surface area contributed by atoms with Gasteiger partial charge in [0.05, 0.1) is 18.5 Å². The Balaban J connectivity index is 1.90. The first-order valence-corrected chi connectivity index (χ1v) is 13.3. The van der Waals surface area contributed by atoms with Crippen molar-refractivity contribution < 1.29 is 14.6 Å². The minimum Gasteiger partial charge on any atom is -0.496 e. The van der Waals surface area contributed by atoms with E-state index in [0.717, 1.165) is 58.9 Å². The standard InChI is InChI=1S/C26H35N7O3S/c1-8-27-10-9-17-11-19-21-18(17)14-37-31-24(33(25(34)35)26(4,5)6)22(21)30-32(29-19)13-20-16(3)23(36-7)15(2)12-28-20/h11-12,27H,8-10,13-14H2,1-7H3,(H,34,35). The number of aryl methyl sites for hydroxylation is 1. The monoisotopic (exact) mass is 525 g/mol. The van der Waals surface area contributed by atoms with E-state index in [1.807, 2.05) is 34.6 Å². The smallest absolute Gasteiger partial charge is 0.413 e. The van der Waals surface area contributed by atoms with E-state index in [4.69, 9.17) is 14.9 Å². The van der Waals surface area contributed by atoms with Gasteiger partial charge in [-0.3, -0.25) is 9.88 Å². The third-order valence-electron chi connectivity index (χ3n) is 6.44. The Hall–Kier alpha value is -3.18. The second-order valence-electron chi connectivity index (χ2n) is 10.1. The Morgan fingerprint density at radius 1 is 1.30 bits per heavy atom. The molecule has 3 heterocycles. The van der Waals surface area contributed by atoms with E-state index in [-0.39, 0.29) is 0 Å². The van der Waals surface area contributed by atoms with Crippen LogP contribution in [0.2, 0.25) is 0 Å². The van der Waals surface area contributed by atoms with Gasteiger partial charge in [0.1, 0.15) is 18.0 Å². The molecule has 1 aromatic rings. The number of carbonyl (C=O) groups is 1. The normalized spacial score (nSPS) is 13.4. The maximum absolute atomic E-state index is 12.4. The quantitative estimate of drug-likeness (QED) is 0.347. The number of hydrogen-bond donors (Lipinski definition) is 2. The molecule has 0 aromatic carbocycles. The van der Waals surface area contributed by atoms with Crippen molar-refractivity contribution in [3.8, 4) is 17.0 Å². The SMILES string of the molecule is CCNCCc1cc2nn(Cc3ncc(C)c(OC)c3C)nc3c-2c1CSN=C3N(C(=O)O)C(C)(C)C. The van der Waals surface area contributed by atoms with Gasteiger partial charge >= 0.3 is 6.09 Å². The largest absolute Gasteiger partial charge is 0.496 e. The molecule has 0 saturated carbocycles. The van der Waals surface area contributed by atoms with Gasteiger partial charge in [-0.05, 0) is 83.3 Å². The molecule has 0 unspecified atom stereocenters. The molecule has 0 bridgehead atoms. The summed E-state index contributed by atoms with van der Waals surface area (Å²) in [5, 5.41) is 23.3. The zero-order valence-electron chi connectivity index (χ0n) is 22.5. The van der Waals surface area contributed by atoms with Crippen molar-refractivity contribution in [1.82, 2.24) is 30.2 Å². The number of nitrogens with zero attached hydrogens (tertiary/aromatic N) is 6. The molecule has 0 atom stereocenters. The molecule has 3 aliphatic rings. The Labute approximate surface area is 222 Å². The zero-order chi connectivity index (χ0) is 26.9. The van der Waals surface area contributed by atoms with E-state index >= 15 is 0 Å². The Morgan fingerprint density at radius 3 is 2.70 bits per heavy atom. The molecule has 10 nitrogen and oxygen atoms in total. The summed E-state index contributed by atoms with van der Waals surface area (Å²) in [6, 6.07) is 2.10. The van der Waals surface area contributed by atoms with Gasteiger partial charge < -0.3 is 15.2 Å². The molecule has 198 valence electrons. The number of amides is 1. The third-order valence-corrected chi connectivity index (χ3v) is 7.16. The van der Waals surface area contributed by atoms with Crippen LogP contribution in [0.15, 0.2) is 16.7 Å². The summed E-state index contributed by atoms with van der Waals surface area (Å²) < 4.78 is 10.3. The average Bonchev–Trinajstić information content (AvgIpc) is 3.05. The Bertz CT molecular complexity index is 1310. The Kier molecular flexibility index (Phi) is 7.75. The number of pyridine rings is 1. The molecule has 0 fully saturated rings. The van der Waals surface area contributed by atoms with Crippen molar-refractivity contribution in [1.29, 1.82) is 0 Å². The molecule has 11 heteroatoms. The van der Waals surface area contributed by atoms with Crippen molar-refractivity contribution in [2.75, 3.05) is 20.2 Å². The number of hydrogen-bond acceptors (Lipinski definition) is 8. The number of rotatable bonds is 7. The lowest BCUT2D eigenvalue weighted by atomic mass is 10.0. The highest BCUT2D eigenvalue weighted by Gasteiger charge is 2.37. The van der Waals surface area contributed by atoms with Gasteiger partial charge in [-0.25, -0.2) is 4.79 Å². The molecule has 4 rings (SSSR count). The molecule has 37 heavy (non-hydrogen) atoms. The Morgan fingerprint density at radius 2 is 2.05 bits per heavy atom. The van der Waals surface area contributed by atoms with Crippen molar-refractivity contribution in [3.05, 3.63) is 45.9 Å². The highest BCUT2D eigenvalue weighted by atomic mass is 32.2. The highest BCUT2D eigenvalue weighted by molar-refractivity contribution is 7.97. The van der Waals surface area contributed by atoms with Gasteiger partial charge in [-0.1, -0.05) is 6.92 Å². The van der Waals surface area contributed by atoms with Gasteiger partial charge in [0, 0.05) is 34.2 Å². The van der Waals surface area contributed by atoms with Gasteiger partial charge in [-0.15, -0.1) is 0 Å². The van der Waals surface area contributed by atoms with Gasteiger partial charge in [0.25, 0.3) is 0 Å². The molecule has 0 radical (unpaired) electrons. The van der Waals surface area contributed by atoms with Crippen LogP contribution in [0, 0.1) is 13.8 Å². The topological polar surface area (TPSA) is 118 Å². The van der Waals surface area contributed by atoms with Crippen LogP contribution >= 0.6 is 11.9 Å². The lowest BCUT2D eigenvalue weighted by molar-refractivity contribution is 0.141. The van der Waals surface area contributed by atoms with E-state index in [9.17, 15) is 9.90 Å². The summed E-state index contributed by atoms with van der Waals surface area (Å²) >= 11 is 1.35. The second-order valence-corrected chi connectivity index (χ2v) is 10.8. The van der Waals surface area contributed by atoms with Crippen LogP contribution in [0.3, 0.4) is 0 Å². The van der Waals surface area contributed by atoms with Gasteiger partial charge in [0.2, 0.25) is 0 Å². The zero-order valence-corrected chi connectivity index (χ0v) is 23.4. The van der Waals surface area contributed by atoms with Crippen LogP contribution in [0.1, 0.15) is 61.3 Å².